The van der Waals surface area contributed by atoms with Gasteiger partial charge >= 0.3 is 0 Å². The zero-order valence-electron chi connectivity index (χ0n) is 16.2. The summed E-state index contributed by atoms with van der Waals surface area (Å²) in [6, 6.07) is 8.90. The van der Waals surface area contributed by atoms with Gasteiger partial charge in [0.2, 0.25) is 0 Å². The van der Waals surface area contributed by atoms with E-state index in [1.54, 1.807) is 0 Å². The lowest BCUT2D eigenvalue weighted by Gasteiger charge is -2.55. The predicted molar refractivity (Wildman–Crippen MR) is 123 cm³/mol. The van der Waals surface area contributed by atoms with E-state index in [9.17, 15) is 0 Å². The number of guanidine groups is 1. The van der Waals surface area contributed by atoms with E-state index in [-0.39, 0.29) is 29.4 Å². The van der Waals surface area contributed by atoms with E-state index in [0.717, 1.165) is 43.5 Å². The van der Waals surface area contributed by atoms with Crippen LogP contribution in [0.1, 0.15) is 26.7 Å². The Morgan fingerprint density at radius 2 is 2.11 bits per heavy atom. The number of halogens is 2. The third-order valence-corrected chi connectivity index (χ3v) is 6.55. The second-order valence-corrected chi connectivity index (χ2v) is 8.75. The van der Waals surface area contributed by atoms with E-state index in [0.29, 0.717) is 24.1 Å². The van der Waals surface area contributed by atoms with Crippen molar-refractivity contribution in [3.05, 3.63) is 29.3 Å². The molecule has 2 N–H and O–H groups in total. The van der Waals surface area contributed by atoms with Gasteiger partial charge in [0.15, 0.2) is 5.96 Å². The Morgan fingerprint density at radius 1 is 1.30 bits per heavy atom. The number of benzene rings is 1. The first kappa shape index (κ1) is 21.0. The van der Waals surface area contributed by atoms with Crippen LogP contribution in [0.15, 0.2) is 29.3 Å². The van der Waals surface area contributed by atoms with Crippen molar-refractivity contribution in [1.82, 2.24) is 10.6 Å². The number of fused-ring (bicyclic) bond motifs is 1. The molecule has 2 saturated heterocycles. The van der Waals surface area contributed by atoms with Gasteiger partial charge < -0.3 is 20.3 Å². The van der Waals surface area contributed by atoms with Crippen molar-refractivity contribution in [1.29, 1.82) is 0 Å². The summed E-state index contributed by atoms with van der Waals surface area (Å²) in [5.74, 6) is 1.52. The van der Waals surface area contributed by atoms with E-state index >= 15 is 0 Å². The minimum absolute atomic E-state index is 0. The third-order valence-electron chi connectivity index (χ3n) is 6.32. The van der Waals surface area contributed by atoms with Crippen molar-refractivity contribution >= 4 is 47.2 Å². The second kappa shape index (κ2) is 8.33. The molecule has 5 nitrogen and oxygen atoms in total. The minimum Gasteiger partial charge on any atom is -0.377 e. The lowest BCUT2D eigenvalue weighted by atomic mass is 9.57. The summed E-state index contributed by atoms with van der Waals surface area (Å²) in [4.78, 5) is 6.86. The molecule has 27 heavy (non-hydrogen) atoms. The first-order valence-corrected chi connectivity index (χ1v) is 9.99. The standard InChI is InChI=1S/C20H29ClN4O.HI/c1-20(2)17(16-8-10-26-18(16)20)24-19(22-3)23-14-7-9-25(12-14)15-6-4-5-13(21)11-15;/h4-6,11,14,16-18H,7-10,12H2,1-3H3,(H2,22,23,24);1H. The first-order chi connectivity index (χ1) is 12.5. The molecule has 150 valence electrons. The molecule has 3 aliphatic rings. The van der Waals surface area contributed by atoms with Crippen molar-refractivity contribution in [2.45, 2.75) is 44.9 Å². The molecule has 3 fully saturated rings. The van der Waals surface area contributed by atoms with Crippen LogP contribution >= 0.6 is 35.6 Å². The zero-order chi connectivity index (χ0) is 18.3. The molecule has 1 aromatic carbocycles. The molecule has 4 unspecified atom stereocenters. The minimum atomic E-state index is 0. The molecule has 0 amide bonds. The molecule has 4 rings (SSSR count). The van der Waals surface area contributed by atoms with Gasteiger partial charge in [-0.05, 0) is 31.0 Å². The van der Waals surface area contributed by atoms with Crippen molar-refractivity contribution in [2.75, 3.05) is 31.6 Å². The molecule has 0 radical (unpaired) electrons. The number of ether oxygens (including phenoxy) is 1. The molecule has 1 aromatic rings. The van der Waals surface area contributed by atoms with Gasteiger partial charge in [0.25, 0.3) is 0 Å². The highest BCUT2D eigenvalue weighted by Gasteiger charge is 2.59. The maximum atomic E-state index is 6.14. The van der Waals surface area contributed by atoms with Crippen LogP contribution in [-0.4, -0.2) is 50.9 Å². The number of aliphatic imine (C=N–C) groups is 1. The van der Waals surface area contributed by atoms with E-state index < -0.39 is 0 Å². The summed E-state index contributed by atoms with van der Waals surface area (Å²) in [6.07, 6.45) is 2.63. The Balaban J connectivity index is 0.00000210. The Bertz CT molecular complexity index is 698. The monoisotopic (exact) mass is 504 g/mol. The van der Waals surface area contributed by atoms with Crippen molar-refractivity contribution in [3.8, 4) is 0 Å². The number of rotatable bonds is 3. The van der Waals surface area contributed by atoms with Crippen LogP contribution in [0.5, 0.6) is 0 Å². The van der Waals surface area contributed by atoms with Gasteiger partial charge in [0.1, 0.15) is 0 Å². The molecule has 2 aliphatic heterocycles. The Hall–Kier alpha value is -0.730. The molecule has 0 spiro atoms. The first-order valence-electron chi connectivity index (χ1n) is 9.61. The number of hydrogen-bond donors (Lipinski definition) is 2. The summed E-state index contributed by atoms with van der Waals surface area (Å²) in [5.41, 5.74) is 1.34. The number of nitrogens with zero attached hydrogens (tertiary/aromatic N) is 2. The van der Waals surface area contributed by atoms with E-state index in [2.05, 4.69) is 40.4 Å². The summed E-state index contributed by atoms with van der Waals surface area (Å²) >= 11 is 6.14. The van der Waals surface area contributed by atoms with Crippen molar-refractivity contribution in [2.24, 2.45) is 16.3 Å². The van der Waals surface area contributed by atoms with Gasteiger partial charge in [-0.25, -0.2) is 0 Å². The smallest absolute Gasteiger partial charge is 0.191 e. The molecular formula is C20H30ClIN4O. The topological polar surface area (TPSA) is 48.9 Å². The Morgan fingerprint density at radius 3 is 2.85 bits per heavy atom. The number of anilines is 1. The van der Waals surface area contributed by atoms with Crippen molar-refractivity contribution in [3.63, 3.8) is 0 Å². The van der Waals surface area contributed by atoms with E-state index in [1.165, 1.54) is 5.69 Å². The quantitative estimate of drug-likeness (QED) is 0.376. The van der Waals surface area contributed by atoms with Crippen LogP contribution in [0.4, 0.5) is 5.69 Å². The van der Waals surface area contributed by atoms with Crippen LogP contribution in [0.2, 0.25) is 5.02 Å². The largest absolute Gasteiger partial charge is 0.377 e. The molecule has 1 saturated carbocycles. The Labute approximate surface area is 184 Å². The maximum Gasteiger partial charge on any atom is 0.191 e. The summed E-state index contributed by atoms with van der Waals surface area (Å²) in [5, 5.41) is 8.08. The SMILES string of the molecule is CN=C(NC1CCN(c2cccc(Cl)c2)C1)NC1C2CCOC2C1(C)C.I. The molecular weight excluding hydrogens is 475 g/mol. The molecule has 1 aliphatic carbocycles. The molecule has 0 bridgehead atoms. The average molecular weight is 505 g/mol. The lowest BCUT2D eigenvalue weighted by Crippen LogP contribution is -2.68. The summed E-state index contributed by atoms with van der Waals surface area (Å²) in [6.45, 7) is 7.47. The highest BCUT2D eigenvalue weighted by atomic mass is 127. The lowest BCUT2D eigenvalue weighted by molar-refractivity contribution is -0.106. The van der Waals surface area contributed by atoms with Gasteiger partial charge in [-0.3, -0.25) is 4.99 Å². The molecule has 4 atom stereocenters. The van der Waals surface area contributed by atoms with Crippen LogP contribution in [0, 0.1) is 11.3 Å². The van der Waals surface area contributed by atoms with Crippen LogP contribution < -0.4 is 15.5 Å². The van der Waals surface area contributed by atoms with E-state index in [1.807, 2.05) is 25.2 Å². The highest BCUT2D eigenvalue weighted by molar-refractivity contribution is 14.0. The number of hydrogen-bond acceptors (Lipinski definition) is 3. The molecule has 2 heterocycles. The summed E-state index contributed by atoms with van der Waals surface area (Å²) in [7, 11) is 1.85. The van der Waals surface area contributed by atoms with Gasteiger partial charge in [0.05, 0.1) is 6.10 Å². The van der Waals surface area contributed by atoms with Gasteiger partial charge in [-0.1, -0.05) is 31.5 Å². The zero-order valence-corrected chi connectivity index (χ0v) is 19.3. The van der Waals surface area contributed by atoms with Gasteiger partial charge in [0, 0.05) is 60.9 Å². The average Bonchev–Trinajstić information content (AvgIpc) is 3.26. The Kier molecular flexibility index (Phi) is 6.48. The molecule has 7 heteroatoms. The normalized spacial score (nSPS) is 31.7. The van der Waals surface area contributed by atoms with Gasteiger partial charge in [-0.15, -0.1) is 24.0 Å². The summed E-state index contributed by atoms with van der Waals surface area (Å²) < 4.78 is 5.90. The molecule has 0 aromatic heterocycles. The van der Waals surface area contributed by atoms with Crippen molar-refractivity contribution < 1.29 is 4.74 Å². The second-order valence-electron chi connectivity index (χ2n) is 8.32. The maximum absolute atomic E-state index is 6.14. The third kappa shape index (κ3) is 4.03. The highest BCUT2D eigenvalue weighted by Crippen LogP contribution is 2.52. The fourth-order valence-electron chi connectivity index (χ4n) is 4.91. The van der Waals surface area contributed by atoms with Crippen LogP contribution in [-0.2, 0) is 4.74 Å². The number of nitrogens with one attached hydrogen (secondary N) is 2. The van der Waals surface area contributed by atoms with Crippen LogP contribution in [0.3, 0.4) is 0 Å². The fraction of sp³-hybridized carbons (Fsp3) is 0.650. The fourth-order valence-corrected chi connectivity index (χ4v) is 5.10. The van der Waals surface area contributed by atoms with Crippen LogP contribution in [0.25, 0.3) is 0 Å². The predicted octanol–water partition coefficient (Wildman–Crippen LogP) is 3.52. The van der Waals surface area contributed by atoms with Gasteiger partial charge in [-0.2, -0.15) is 0 Å². The van der Waals surface area contributed by atoms with E-state index in [4.69, 9.17) is 16.3 Å².